The molecular formula is C9H8N4O2. The van der Waals surface area contributed by atoms with Crippen molar-refractivity contribution < 1.29 is 4.42 Å². The molecule has 3 rings (SSSR count). The highest BCUT2D eigenvalue weighted by Crippen LogP contribution is 2.24. The number of H-pyrrole nitrogens is 1. The standard InChI is InChI=1S/C9H8N4O2/c1-4-5(2)15-8-6(4)7-10-3-11-13(7)9(14)12-8/h3H,1-2H3,(H,12,14). The predicted molar refractivity (Wildman–Crippen MR) is 52.9 cm³/mol. The van der Waals surface area contributed by atoms with E-state index in [-0.39, 0.29) is 5.69 Å². The Labute approximate surface area is 83.5 Å². The topological polar surface area (TPSA) is 76.2 Å². The monoisotopic (exact) mass is 204 g/mol. The Morgan fingerprint density at radius 3 is 3.07 bits per heavy atom. The molecule has 6 heteroatoms. The van der Waals surface area contributed by atoms with Gasteiger partial charge >= 0.3 is 5.69 Å². The van der Waals surface area contributed by atoms with Gasteiger partial charge in [-0.3, -0.25) is 4.98 Å². The van der Waals surface area contributed by atoms with E-state index >= 15 is 0 Å². The molecule has 0 aliphatic rings. The van der Waals surface area contributed by atoms with Crippen LogP contribution in [-0.2, 0) is 0 Å². The summed E-state index contributed by atoms with van der Waals surface area (Å²) in [7, 11) is 0. The van der Waals surface area contributed by atoms with Crippen molar-refractivity contribution in [2.75, 3.05) is 0 Å². The fourth-order valence-electron chi connectivity index (χ4n) is 1.69. The molecule has 0 aliphatic carbocycles. The first-order valence-corrected chi connectivity index (χ1v) is 4.50. The number of aromatic nitrogens is 4. The summed E-state index contributed by atoms with van der Waals surface area (Å²) in [6.45, 7) is 3.77. The summed E-state index contributed by atoms with van der Waals surface area (Å²) >= 11 is 0. The van der Waals surface area contributed by atoms with Crippen LogP contribution in [0.1, 0.15) is 11.3 Å². The molecule has 0 saturated heterocycles. The zero-order chi connectivity index (χ0) is 10.6. The third-order valence-corrected chi connectivity index (χ3v) is 2.57. The molecule has 0 spiro atoms. The van der Waals surface area contributed by atoms with E-state index < -0.39 is 0 Å². The Bertz CT molecular complexity index is 719. The molecule has 3 aromatic rings. The molecule has 3 aromatic heterocycles. The van der Waals surface area contributed by atoms with Gasteiger partial charge in [-0.05, 0) is 13.8 Å². The molecule has 0 radical (unpaired) electrons. The highest BCUT2D eigenvalue weighted by molar-refractivity contribution is 5.91. The Balaban J connectivity index is 2.74. The van der Waals surface area contributed by atoms with Crippen molar-refractivity contribution in [2.24, 2.45) is 0 Å². The zero-order valence-corrected chi connectivity index (χ0v) is 8.24. The molecule has 0 fully saturated rings. The van der Waals surface area contributed by atoms with Crippen molar-refractivity contribution in [3.05, 3.63) is 28.1 Å². The Hall–Kier alpha value is -2.11. The van der Waals surface area contributed by atoms with Gasteiger partial charge in [-0.1, -0.05) is 0 Å². The number of rotatable bonds is 0. The van der Waals surface area contributed by atoms with Crippen LogP contribution in [0.2, 0.25) is 0 Å². The second-order valence-electron chi connectivity index (χ2n) is 3.41. The number of hydrogen-bond donors (Lipinski definition) is 1. The minimum absolute atomic E-state index is 0.344. The van der Waals surface area contributed by atoms with E-state index in [2.05, 4.69) is 15.1 Å². The van der Waals surface area contributed by atoms with Crippen LogP contribution in [-0.4, -0.2) is 19.6 Å². The van der Waals surface area contributed by atoms with Gasteiger partial charge in [0.15, 0.2) is 5.65 Å². The lowest BCUT2D eigenvalue weighted by Gasteiger charge is -1.92. The average molecular weight is 204 g/mol. The summed E-state index contributed by atoms with van der Waals surface area (Å²) in [6, 6.07) is 0. The Kier molecular flexibility index (Phi) is 1.35. The fourth-order valence-corrected chi connectivity index (χ4v) is 1.69. The summed E-state index contributed by atoms with van der Waals surface area (Å²) in [5, 5.41) is 4.65. The van der Waals surface area contributed by atoms with Crippen molar-refractivity contribution in [1.29, 1.82) is 0 Å². The van der Waals surface area contributed by atoms with Crippen LogP contribution in [0.15, 0.2) is 15.5 Å². The highest BCUT2D eigenvalue weighted by atomic mass is 16.3. The molecule has 0 aliphatic heterocycles. The quantitative estimate of drug-likeness (QED) is 0.587. The number of fused-ring (bicyclic) bond motifs is 3. The Morgan fingerprint density at radius 2 is 2.27 bits per heavy atom. The van der Waals surface area contributed by atoms with Crippen LogP contribution < -0.4 is 5.69 Å². The molecule has 0 unspecified atom stereocenters. The van der Waals surface area contributed by atoms with E-state index in [4.69, 9.17) is 4.42 Å². The summed E-state index contributed by atoms with van der Waals surface area (Å²) in [6.07, 6.45) is 1.35. The van der Waals surface area contributed by atoms with Gasteiger partial charge in [0.05, 0.1) is 5.39 Å². The molecule has 0 saturated carbocycles. The molecule has 3 heterocycles. The second-order valence-corrected chi connectivity index (χ2v) is 3.41. The maximum Gasteiger partial charge on any atom is 0.350 e. The van der Waals surface area contributed by atoms with Gasteiger partial charge in [0.2, 0.25) is 5.71 Å². The Morgan fingerprint density at radius 1 is 1.47 bits per heavy atom. The van der Waals surface area contributed by atoms with Crippen molar-refractivity contribution in [2.45, 2.75) is 13.8 Å². The van der Waals surface area contributed by atoms with Crippen LogP contribution in [0.4, 0.5) is 0 Å². The van der Waals surface area contributed by atoms with Crippen LogP contribution in [0.3, 0.4) is 0 Å². The van der Waals surface area contributed by atoms with Crippen molar-refractivity contribution in [3.8, 4) is 0 Å². The van der Waals surface area contributed by atoms with Gasteiger partial charge in [-0.2, -0.15) is 9.61 Å². The van der Waals surface area contributed by atoms with Crippen LogP contribution in [0.25, 0.3) is 16.7 Å². The van der Waals surface area contributed by atoms with Gasteiger partial charge in [-0.15, -0.1) is 0 Å². The lowest BCUT2D eigenvalue weighted by atomic mass is 10.2. The van der Waals surface area contributed by atoms with Gasteiger partial charge in [0.25, 0.3) is 0 Å². The number of furan rings is 1. The third kappa shape index (κ3) is 0.903. The first kappa shape index (κ1) is 8.22. The number of hydrogen-bond acceptors (Lipinski definition) is 4. The maximum absolute atomic E-state index is 11.5. The molecular weight excluding hydrogens is 196 g/mol. The molecule has 0 bridgehead atoms. The van der Waals surface area contributed by atoms with Crippen LogP contribution in [0, 0.1) is 13.8 Å². The van der Waals surface area contributed by atoms with Crippen molar-refractivity contribution >= 4 is 16.7 Å². The van der Waals surface area contributed by atoms with Crippen molar-refractivity contribution in [1.82, 2.24) is 19.6 Å². The maximum atomic E-state index is 11.5. The van der Waals surface area contributed by atoms with E-state index in [1.54, 1.807) is 0 Å². The average Bonchev–Trinajstić information content (AvgIpc) is 2.74. The lowest BCUT2D eigenvalue weighted by molar-refractivity contribution is 0.561. The molecule has 76 valence electrons. The third-order valence-electron chi connectivity index (χ3n) is 2.57. The smallest absolute Gasteiger partial charge is 0.350 e. The second kappa shape index (κ2) is 2.47. The molecule has 0 aromatic carbocycles. The first-order chi connectivity index (χ1) is 7.18. The van der Waals surface area contributed by atoms with E-state index in [0.717, 1.165) is 16.7 Å². The summed E-state index contributed by atoms with van der Waals surface area (Å²) in [5.41, 5.74) is 1.61. The van der Waals surface area contributed by atoms with Gasteiger partial charge in [0.1, 0.15) is 12.1 Å². The van der Waals surface area contributed by atoms with E-state index in [1.807, 2.05) is 13.8 Å². The number of nitrogens with zero attached hydrogens (tertiary/aromatic N) is 3. The molecule has 15 heavy (non-hydrogen) atoms. The number of aromatic amines is 1. The predicted octanol–water partition coefficient (Wildman–Crippen LogP) is 0.781. The molecule has 1 N–H and O–H groups in total. The largest absolute Gasteiger partial charge is 0.444 e. The minimum Gasteiger partial charge on any atom is -0.444 e. The van der Waals surface area contributed by atoms with Gasteiger partial charge in [-0.25, -0.2) is 9.78 Å². The van der Waals surface area contributed by atoms with Crippen molar-refractivity contribution in [3.63, 3.8) is 0 Å². The lowest BCUT2D eigenvalue weighted by Crippen LogP contribution is -2.16. The van der Waals surface area contributed by atoms with Gasteiger partial charge in [0, 0.05) is 5.56 Å². The summed E-state index contributed by atoms with van der Waals surface area (Å²) < 4.78 is 6.65. The summed E-state index contributed by atoms with van der Waals surface area (Å²) in [5.74, 6) is 0.775. The van der Waals surface area contributed by atoms with E-state index in [9.17, 15) is 4.79 Å². The molecule has 0 atom stereocenters. The highest BCUT2D eigenvalue weighted by Gasteiger charge is 2.14. The van der Waals surface area contributed by atoms with Crippen LogP contribution in [0.5, 0.6) is 0 Å². The van der Waals surface area contributed by atoms with Gasteiger partial charge < -0.3 is 4.42 Å². The molecule has 6 nitrogen and oxygen atoms in total. The van der Waals surface area contributed by atoms with Crippen LogP contribution >= 0.6 is 0 Å². The minimum atomic E-state index is -0.344. The number of aryl methyl sites for hydroxylation is 2. The SMILES string of the molecule is Cc1oc2[nH]c(=O)n3ncnc3c2c1C. The first-order valence-electron chi connectivity index (χ1n) is 4.50. The van der Waals surface area contributed by atoms with E-state index in [1.165, 1.54) is 10.8 Å². The fraction of sp³-hybridized carbons (Fsp3) is 0.222. The zero-order valence-electron chi connectivity index (χ0n) is 8.24. The molecule has 0 amide bonds. The normalized spacial score (nSPS) is 11.6. The van der Waals surface area contributed by atoms with E-state index in [0.29, 0.717) is 11.4 Å². The number of nitrogens with one attached hydrogen (secondary N) is 1. The summed E-state index contributed by atoms with van der Waals surface area (Å²) in [4.78, 5) is 18.2.